The van der Waals surface area contributed by atoms with Crippen LogP contribution in [0, 0.1) is 0 Å². The number of aryl methyl sites for hydroxylation is 1. The minimum atomic E-state index is 0.244. The van der Waals surface area contributed by atoms with Crippen LogP contribution >= 0.6 is 0 Å². The number of hydrogen-bond donors (Lipinski definition) is 1. The zero-order valence-corrected chi connectivity index (χ0v) is 10.3. The van der Waals surface area contributed by atoms with Crippen molar-refractivity contribution in [1.82, 2.24) is 20.3 Å². The summed E-state index contributed by atoms with van der Waals surface area (Å²) in [6.07, 6.45) is 3.26. The summed E-state index contributed by atoms with van der Waals surface area (Å²) in [5.41, 5.74) is 0.889. The van der Waals surface area contributed by atoms with Gasteiger partial charge in [-0.3, -0.25) is 4.68 Å². The molecule has 2 rings (SSSR count). The van der Waals surface area contributed by atoms with Crippen molar-refractivity contribution in [2.24, 2.45) is 0 Å². The molecule has 0 bridgehead atoms. The minimum Gasteiger partial charge on any atom is -0.376 e. The van der Waals surface area contributed by atoms with Crippen LogP contribution in [-0.4, -0.2) is 47.4 Å². The van der Waals surface area contributed by atoms with Crippen LogP contribution in [0.5, 0.6) is 0 Å². The maximum absolute atomic E-state index is 5.57. The molecule has 0 aliphatic carbocycles. The lowest BCUT2D eigenvalue weighted by atomic mass is 10.3. The van der Waals surface area contributed by atoms with E-state index in [1.54, 1.807) is 0 Å². The molecule has 17 heavy (non-hydrogen) atoms. The Kier molecular flexibility index (Phi) is 4.90. The van der Waals surface area contributed by atoms with Gasteiger partial charge in [-0.15, -0.1) is 5.10 Å². The van der Waals surface area contributed by atoms with Gasteiger partial charge in [-0.1, -0.05) is 12.1 Å². The van der Waals surface area contributed by atoms with Crippen molar-refractivity contribution in [1.29, 1.82) is 0 Å². The standard InChI is InChI=1S/C11H20N4O2/c1-2-12-4-3-5-15-6-10(13-14-15)7-17-11-8-16-9-11/h6,11-12H,2-5,7-9H2,1H3. The zero-order valence-electron chi connectivity index (χ0n) is 10.3. The first kappa shape index (κ1) is 12.5. The van der Waals surface area contributed by atoms with Gasteiger partial charge >= 0.3 is 0 Å². The number of nitrogens with zero attached hydrogens (tertiary/aromatic N) is 3. The predicted molar refractivity (Wildman–Crippen MR) is 62.6 cm³/mol. The maximum Gasteiger partial charge on any atom is 0.108 e. The SMILES string of the molecule is CCNCCCn1cc(COC2COC2)nn1. The molecule has 0 spiro atoms. The highest BCUT2D eigenvalue weighted by molar-refractivity contribution is 4.90. The lowest BCUT2D eigenvalue weighted by Crippen LogP contribution is -2.35. The summed E-state index contributed by atoms with van der Waals surface area (Å²) in [6.45, 7) is 6.97. The predicted octanol–water partition coefficient (Wildman–Crippen LogP) is 0.193. The molecule has 1 aromatic rings. The Hall–Kier alpha value is -0.980. The van der Waals surface area contributed by atoms with Gasteiger partial charge in [-0.05, 0) is 19.5 Å². The fourth-order valence-electron chi connectivity index (χ4n) is 1.57. The molecule has 1 fully saturated rings. The lowest BCUT2D eigenvalue weighted by Gasteiger charge is -2.25. The smallest absolute Gasteiger partial charge is 0.108 e. The second kappa shape index (κ2) is 6.68. The van der Waals surface area contributed by atoms with E-state index in [-0.39, 0.29) is 6.10 Å². The van der Waals surface area contributed by atoms with Gasteiger partial charge in [0.15, 0.2) is 0 Å². The van der Waals surface area contributed by atoms with Crippen LogP contribution in [0.25, 0.3) is 0 Å². The number of nitrogens with one attached hydrogen (secondary N) is 1. The number of aromatic nitrogens is 3. The molecular formula is C11H20N4O2. The molecule has 0 radical (unpaired) electrons. The van der Waals surface area contributed by atoms with Gasteiger partial charge in [-0.25, -0.2) is 0 Å². The van der Waals surface area contributed by atoms with Crippen LogP contribution in [0.3, 0.4) is 0 Å². The van der Waals surface area contributed by atoms with Gasteiger partial charge in [0.2, 0.25) is 0 Å². The molecule has 1 aromatic heterocycles. The molecule has 2 heterocycles. The highest BCUT2D eigenvalue weighted by Crippen LogP contribution is 2.08. The molecule has 96 valence electrons. The summed E-state index contributed by atoms with van der Waals surface area (Å²) >= 11 is 0. The number of hydrogen-bond acceptors (Lipinski definition) is 5. The van der Waals surface area contributed by atoms with Crippen LogP contribution in [0.15, 0.2) is 6.20 Å². The summed E-state index contributed by atoms with van der Waals surface area (Å²) in [4.78, 5) is 0. The first-order chi connectivity index (χ1) is 8.38. The normalized spacial score (nSPS) is 16.1. The van der Waals surface area contributed by atoms with E-state index in [2.05, 4.69) is 22.6 Å². The van der Waals surface area contributed by atoms with Crippen molar-refractivity contribution in [2.45, 2.75) is 32.6 Å². The molecule has 1 N–H and O–H groups in total. The van der Waals surface area contributed by atoms with Crippen LogP contribution in [0.1, 0.15) is 19.0 Å². The molecule has 0 aromatic carbocycles. The van der Waals surface area contributed by atoms with Crippen LogP contribution < -0.4 is 5.32 Å². The van der Waals surface area contributed by atoms with E-state index in [1.165, 1.54) is 0 Å². The molecule has 0 saturated carbocycles. The molecule has 0 amide bonds. The Morgan fingerprint density at radius 3 is 3.18 bits per heavy atom. The fraction of sp³-hybridized carbons (Fsp3) is 0.818. The molecule has 0 unspecified atom stereocenters. The van der Waals surface area contributed by atoms with Gasteiger partial charge < -0.3 is 14.8 Å². The van der Waals surface area contributed by atoms with Gasteiger partial charge in [0.1, 0.15) is 11.8 Å². The second-order valence-electron chi connectivity index (χ2n) is 4.15. The zero-order chi connectivity index (χ0) is 11.9. The van der Waals surface area contributed by atoms with E-state index in [9.17, 15) is 0 Å². The summed E-state index contributed by atoms with van der Waals surface area (Å²) in [5, 5.41) is 11.4. The van der Waals surface area contributed by atoms with E-state index in [1.807, 2.05) is 10.9 Å². The van der Waals surface area contributed by atoms with Crippen LogP contribution in [0.4, 0.5) is 0 Å². The molecule has 1 aliphatic heterocycles. The number of rotatable bonds is 8. The Balaban J connectivity index is 1.64. The molecular weight excluding hydrogens is 220 g/mol. The average molecular weight is 240 g/mol. The quantitative estimate of drug-likeness (QED) is 0.657. The Morgan fingerprint density at radius 1 is 1.59 bits per heavy atom. The third-order valence-electron chi connectivity index (χ3n) is 2.65. The monoisotopic (exact) mass is 240 g/mol. The minimum absolute atomic E-state index is 0.244. The molecule has 1 saturated heterocycles. The van der Waals surface area contributed by atoms with Crippen LogP contribution in [-0.2, 0) is 22.6 Å². The summed E-state index contributed by atoms with van der Waals surface area (Å²) in [6, 6.07) is 0. The molecule has 6 nitrogen and oxygen atoms in total. The van der Waals surface area contributed by atoms with Crippen molar-refractivity contribution in [3.05, 3.63) is 11.9 Å². The number of ether oxygens (including phenoxy) is 2. The molecule has 1 aliphatic rings. The first-order valence-corrected chi connectivity index (χ1v) is 6.17. The lowest BCUT2D eigenvalue weighted by molar-refractivity contribution is -0.135. The third kappa shape index (κ3) is 4.07. The van der Waals surface area contributed by atoms with E-state index in [0.717, 1.165) is 31.7 Å². The van der Waals surface area contributed by atoms with Crippen molar-refractivity contribution in [3.8, 4) is 0 Å². The molecule has 0 atom stereocenters. The van der Waals surface area contributed by atoms with Crippen molar-refractivity contribution >= 4 is 0 Å². The van der Waals surface area contributed by atoms with Crippen LogP contribution in [0.2, 0.25) is 0 Å². The molecule has 6 heteroatoms. The van der Waals surface area contributed by atoms with Gasteiger partial charge in [0.05, 0.1) is 26.0 Å². The first-order valence-electron chi connectivity index (χ1n) is 6.17. The topological polar surface area (TPSA) is 61.2 Å². The van der Waals surface area contributed by atoms with Crippen molar-refractivity contribution in [3.63, 3.8) is 0 Å². The summed E-state index contributed by atoms with van der Waals surface area (Å²) in [7, 11) is 0. The highest BCUT2D eigenvalue weighted by atomic mass is 16.6. The highest BCUT2D eigenvalue weighted by Gasteiger charge is 2.19. The van der Waals surface area contributed by atoms with Gasteiger partial charge in [0.25, 0.3) is 0 Å². The third-order valence-corrected chi connectivity index (χ3v) is 2.65. The van der Waals surface area contributed by atoms with E-state index in [0.29, 0.717) is 19.8 Å². The Bertz CT molecular complexity index is 325. The second-order valence-corrected chi connectivity index (χ2v) is 4.15. The Morgan fingerprint density at radius 2 is 2.47 bits per heavy atom. The summed E-state index contributed by atoms with van der Waals surface area (Å²) < 4.78 is 12.5. The van der Waals surface area contributed by atoms with Gasteiger partial charge in [-0.2, -0.15) is 0 Å². The largest absolute Gasteiger partial charge is 0.376 e. The van der Waals surface area contributed by atoms with Crippen molar-refractivity contribution < 1.29 is 9.47 Å². The average Bonchev–Trinajstić information content (AvgIpc) is 2.70. The van der Waals surface area contributed by atoms with Gasteiger partial charge in [0, 0.05) is 6.54 Å². The van der Waals surface area contributed by atoms with Crippen molar-refractivity contribution in [2.75, 3.05) is 26.3 Å². The maximum atomic E-state index is 5.57. The van der Waals surface area contributed by atoms with E-state index >= 15 is 0 Å². The Labute approximate surface area is 101 Å². The van der Waals surface area contributed by atoms with E-state index in [4.69, 9.17) is 9.47 Å². The summed E-state index contributed by atoms with van der Waals surface area (Å²) in [5.74, 6) is 0. The fourth-order valence-corrected chi connectivity index (χ4v) is 1.57. The van der Waals surface area contributed by atoms with E-state index < -0.39 is 0 Å².